The maximum absolute atomic E-state index is 5.83. The second-order valence-corrected chi connectivity index (χ2v) is 6.05. The Morgan fingerprint density at radius 3 is 2.58 bits per heavy atom. The first-order valence-corrected chi connectivity index (χ1v) is 8.18. The van der Waals surface area contributed by atoms with Gasteiger partial charge in [-0.25, -0.2) is 4.68 Å². The van der Waals surface area contributed by atoms with E-state index in [-0.39, 0.29) is 0 Å². The van der Waals surface area contributed by atoms with E-state index >= 15 is 0 Å². The Bertz CT molecular complexity index is 867. The molecule has 0 spiro atoms. The van der Waals surface area contributed by atoms with Crippen LogP contribution in [-0.4, -0.2) is 14.9 Å². The van der Waals surface area contributed by atoms with Gasteiger partial charge >= 0.3 is 0 Å². The lowest BCUT2D eigenvalue weighted by molar-refractivity contribution is 0.306. The van der Waals surface area contributed by atoms with E-state index in [1.54, 1.807) is 4.68 Å². The Morgan fingerprint density at radius 1 is 1.12 bits per heavy atom. The number of benzene rings is 2. The number of aromatic nitrogens is 3. The highest BCUT2D eigenvalue weighted by atomic mass is 32.1. The van der Waals surface area contributed by atoms with Crippen LogP contribution in [0, 0.1) is 18.6 Å². The highest BCUT2D eigenvalue weighted by Crippen LogP contribution is 2.15. The van der Waals surface area contributed by atoms with Crippen molar-refractivity contribution in [2.75, 3.05) is 5.43 Å². The predicted molar refractivity (Wildman–Crippen MR) is 97.2 cm³/mol. The third kappa shape index (κ3) is 4.02. The third-order valence-electron chi connectivity index (χ3n) is 3.69. The van der Waals surface area contributed by atoms with E-state index in [1.165, 1.54) is 11.1 Å². The highest BCUT2D eigenvalue weighted by Gasteiger charge is 2.01. The molecular formula is C18H20N4OS. The van der Waals surface area contributed by atoms with Crippen molar-refractivity contribution in [1.29, 1.82) is 0 Å². The summed E-state index contributed by atoms with van der Waals surface area (Å²) in [5.41, 5.74) is 6.79. The molecule has 0 amide bonds. The number of hydrogen-bond donors (Lipinski definition) is 2. The number of aromatic amines is 1. The summed E-state index contributed by atoms with van der Waals surface area (Å²) in [5.74, 6) is 1.66. The van der Waals surface area contributed by atoms with E-state index in [0.717, 1.165) is 17.1 Å². The SMILES string of the molecule is Cc1cccc(COc2ccc(CNn3c(C)n[nH]c3=S)cc2)c1. The maximum Gasteiger partial charge on any atom is 0.214 e. The first-order valence-electron chi connectivity index (χ1n) is 7.77. The zero-order valence-electron chi connectivity index (χ0n) is 13.7. The summed E-state index contributed by atoms with van der Waals surface area (Å²) in [7, 11) is 0. The Hall–Kier alpha value is -2.60. The zero-order chi connectivity index (χ0) is 16.9. The van der Waals surface area contributed by atoms with Gasteiger partial charge in [0.05, 0.1) is 6.54 Å². The summed E-state index contributed by atoms with van der Waals surface area (Å²) in [4.78, 5) is 0. The minimum absolute atomic E-state index is 0.561. The topological polar surface area (TPSA) is 54.9 Å². The first kappa shape index (κ1) is 16.3. The van der Waals surface area contributed by atoms with Gasteiger partial charge in [-0.05, 0) is 49.3 Å². The molecular weight excluding hydrogens is 320 g/mol. The molecule has 0 aliphatic rings. The molecule has 0 fully saturated rings. The van der Waals surface area contributed by atoms with Crippen LogP contribution >= 0.6 is 12.2 Å². The maximum atomic E-state index is 5.83. The van der Waals surface area contributed by atoms with E-state index in [0.29, 0.717) is 17.9 Å². The van der Waals surface area contributed by atoms with Gasteiger partial charge in [0.2, 0.25) is 4.77 Å². The molecule has 1 aromatic heterocycles. The molecule has 6 heteroatoms. The molecule has 24 heavy (non-hydrogen) atoms. The van der Waals surface area contributed by atoms with Crippen molar-refractivity contribution in [2.45, 2.75) is 27.0 Å². The van der Waals surface area contributed by atoms with Crippen LogP contribution in [0.1, 0.15) is 22.5 Å². The number of H-pyrrole nitrogens is 1. The summed E-state index contributed by atoms with van der Waals surface area (Å²) in [5, 5.41) is 6.82. The van der Waals surface area contributed by atoms with Crippen molar-refractivity contribution < 1.29 is 4.74 Å². The predicted octanol–water partition coefficient (Wildman–Crippen LogP) is 3.88. The second-order valence-electron chi connectivity index (χ2n) is 5.67. The largest absolute Gasteiger partial charge is 0.489 e. The van der Waals surface area contributed by atoms with E-state index in [4.69, 9.17) is 17.0 Å². The summed E-state index contributed by atoms with van der Waals surface area (Å²) < 4.78 is 8.16. The fraction of sp³-hybridized carbons (Fsp3) is 0.222. The van der Waals surface area contributed by atoms with Gasteiger partial charge in [-0.3, -0.25) is 5.10 Å². The fourth-order valence-electron chi connectivity index (χ4n) is 2.40. The van der Waals surface area contributed by atoms with Gasteiger partial charge in [-0.15, -0.1) is 0 Å². The molecule has 2 aromatic carbocycles. The lowest BCUT2D eigenvalue weighted by Crippen LogP contribution is -2.15. The summed E-state index contributed by atoms with van der Waals surface area (Å²) in [6, 6.07) is 16.4. The first-order chi connectivity index (χ1) is 11.6. The van der Waals surface area contributed by atoms with Gasteiger partial charge in [0, 0.05) is 0 Å². The fourth-order valence-corrected chi connectivity index (χ4v) is 2.65. The molecule has 0 radical (unpaired) electrons. The van der Waals surface area contributed by atoms with Gasteiger partial charge in [0.25, 0.3) is 0 Å². The van der Waals surface area contributed by atoms with E-state index in [9.17, 15) is 0 Å². The summed E-state index contributed by atoms with van der Waals surface area (Å²) in [6.07, 6.45) is 0. The average Bonchev–Trinajstić information content (AvgIpc) is 2.90. The highest BCUT2D eigenvalue weighted by molar-refractivity contribution is 7.71. The Kier molecular flexibility index (Phi) is 4.96. The van der Waals surface area contributed by atoms with Gasteiger partial charge in [0.1, 0.15) is 18.2 Å². The van der Waals surface area contributed by atoms with Crippen LogP contribution in [-0.2, 0) is 13.2 Å². The molecule has 2 N–H and O–H groups in total. The number of nitrogens with zero attached hydrogens (tertiary/aromatic N) is 2. The Morgan fingerprint density at radius 2 is 1.92 bits per heavy atom. The van der Waals surface area contributed by atoms with Gasteiger partial charge < -0.3 is 10.2 Å². The standard InChI is InChI=1S/C18H20N4OS/c1-13-4-3-5-16(10-13)12-23-17-8-6-15(7-9-17)11-19-22-14(2)20-21-18(22)24/h3-10,19H,11-12H2,1-2H3,(H,21,24). The molecule has 0 unspecified atom stereocenters. The van der Waals surface area contributed by atoms with E-state index < -0.39 is 0 Å². The van der Waals surface area contributed by atoms with Crippen molar-refractivity contribution in [3.63, 3.8) is 0 Å². The van der Waals surface area contributed by atoms with Crippen LogP contribution in [0.2, 0.25) is 0 Å². The molecule has 0 aliphatic heterocycles. The monoisotopic (exact) mass is 340 g/mol. The van der Waals surface area contributed by atoms with Crippen molar-refractivity contribution in [3.8, 4) is 5.75 Å². The van der Waals surface area contributed by atoms with Crippen LogP contribution in [0.4, 0.5) is 0 Å². The number of ether oxygens (including phenoxy) is 1. The summed E-state index contributed by atoms with van der Waals surface area (Å²) >= 11 is 5.16. The van der Waals surface area contributed by atoms with Crippen molar-refractivity contribution in [3.05, 3.63) is 75.8 Å². The molecule has 0 aliphatic carbocycles. The van der Waals surface area contributed by atoms with Gasteiger partial charge in [-0.1, -0.05) is 42.0 Å². The lowest BCUT2D eigenvalue weighted by Gasteiger charge is -2.10. The molecule has 0 bridgehead atoms. The summed E-state index contributed by atoms with van der Waals surface area (Å²) in [6.45, 7) is 5.20. The number of nitrogens with one attached hydrogen (secondary N) is 2. The Balaban J connectivity index is 1.56. The van der Waals surface area contributed by atoms with Crippen molar-refractivity contribution in [1.82, 2.24) is 14.9 Å². The molecule has 0 saturated carbocycles. The second kappa shape index (κ2) is 7.31. The van der Waals surface area contributed by atoms with Crippen LogP contribution in [0.25, 0.3) is 0 Å². The number of hydrogen-bond acceptors (Lipinski definition) is 4. The van der Waals surface area contributed by atoms with Crippen LogP contribution in [0.3, 0.4) is 0 Å². The lowest BCUT2D eigenvalue weighted by atomic mass is 10.1. The molecule has 5 nitrogen and oxygen atoms in total. The van der Waals surface area contributed by atoms with Crippen LogP contribution in [0.15, 0.2) is 48.5 Å². The van der Waals surface area contributed by atoms with Gasteiger partial charge in [0.15, 0.2) is 0 Å². The Labute approximate surface area is 146 Å². The molecule has 3 rings (SSSR count). The smallest absolute Gasteiger partial charge is 0.214 e. The molecule has 1 heterocycles. The quantitative estimate of drug-likeness (QED) is 0.669. The minimum Gasteiger partial charge on any atom is -0.489 e. The third-order valence-corrected chi connectivity index (χ3v) is 3.97. The molecule has 124 valence electrons. The average molecular weight is 340 g/mol. The van der Waals surface area contributed by atoms with Crippen molar-refractivity contribution >= 4 is 12.2 Å². The van der Waals surface area contributed by atoms with Gasteiger partial charge in [-0.2, -0.15) is 5.10 Å². The molecule has 0 atom stereocenters. The van der Waals surface area contributed by atoms with Crippen molar-refractivity contribution in [2.24, 2.45) is 0 Å². The number of rotatable bonds is 6. The van der Waals surface area contributed by atoms with Crippen LogP contribution in [0.5, 0.6) is 5.75 Å². The molecule has 0 saturated heterocycles. The van der Waals surface area contributed by atoms with Crippen LogP contribution < -0.4 is 10.2 Å². The number of aryl methyl sites for hydroxylation is 2. The minimum atomic E-state index is 0.561. The zero-order valence-corrected chi connectivity index (χ0v) is 14.6. The molecule has 3 aromatic rings. The van der Waals surface area contributed by atoms with E-state index in [1.807, 2.05) is 37.3 Å². The normalized spacial score (nSPS) is 10.6. The van der Waals surface area contributed by atoms with E-state index in [2.05, 4.69) is 40.7 Å².